The summed E-state index contributed by atoms with van der Waals surface area (Å²) in [6.45, 7) is 4.46. The van der Waals surface area contributed by atoms with Crippen LogP contribution in [0.1, 0.15) is 22.3 Å². The first kappa shape index (κ1) is 21.2. The number of rotatable bonds is 2. The van der Waals surface area contributed by atoms with Crippen molar-refractivity contribution in [1.82, 2.24) is 0 Å². The van der Waals surface area contributed by atoms with Gasteiger partial charge in [0.25, 0.3) is 0 Å². The van der Waals surface area contributed by atoms with E-state index in [0.29, 0.717) is 0 Å². The average molecular weight is 520 g/mol. The summed E-state index contributed by atoms with van der Waals surface area (Å²) >= 11 is 0. The number of benzene rings is 2. The van der Waals surface area contributed by atoms with E-state index in [4.69, 9.17) is 0 Å². The molecule has 0 amide bonds. The van der Waals surface area contributed by atoms with Crippen molar-refractivity contribution < 1.29 is 50.7 Å². The van der Waals surface area contributed by atoms with Crippen LogP contribution in [0, 0.1) is 13.8 Å². The summed E-state index contributed by atoms with van der Waals surface area (Å²) in [5.74, 6) is 0. The molecule has 0 bridgehead atoms. The minimum Gasteiger partial charge on any atom is -1.00 e. The van der Waals surface area contributed by atoms with E-state index in [0.717, 1.165) is 6.42 Å². The molecule has 4 aromatic carbocycles. The Balaban J connectivity index is 0.000000960. The zero-order valence-corrected chi connectivity index (χ0v) is 18.8. The van der Waals surface area contributed by atoms with E-state index in [9.17, 15) is 0 Å². The van der Waals surface area contributed by atoms with Crippen LogP contribution in [0.5, 0.6) is 0 Å². The second-order valence-corrected chi connectivity index (χ2v) is 5.96. The molecule has 0 aliphatic carbocycles. The first-order valence-electron chi connectivity index (χ1n) is 7.52. The van der Waals surface area contributed by atoms with Gasteiger partial charge in [-0.15, -0.1) is 81.2 Å². The van der Waals surface area contributed by atoms with Crippen LogP contribution in [-0.2, 0) is 32.3 Å². The maximum atomic E-state index is 2.31. The molecular formula is C21H18Cl2Hf. The molecule has 0 N–H and O–H groups in total. The van der Waals surface area contributed by atoms with E-state index in [-0.39, 0.29) is 50.7 Å². The number of hydrogen-bond acceptors (Lipinski definition) is 0. The van der Waals surface area contributed by atoms with Gasteiger partial charge in [0, 0.05) is 0 Å². The molecule has 120 valence electrons. The summed E-state index contributed by atoms with van der Waals surface area (Å²) in [4.78, 5) is 0. The third-order valence-electron chi connectivity index (χ3n) is 4.62. The van der Waals surface area contributed by atoms with Gasteiger partial charge in [0.05, 0.1) is 0 Å². The molecule has 0 unspecified atom stereocenters. The maximum absolute atomic E-state index is 2.31. The first-order valence-corrected chi connectivity index (χ1v) is 7.52. The second-order valence-electron chi connectivity index (χ2n) is 5.96. The molecule has 4 aromatic rings. The van der Waals surface area contributed by atoms with Crippen LogP contribution in [-0.4, -0.2) is 0 Å². The fourth-order valence-corrected chi connectivity index (χ4v) is 3.51. The smallest absolute Gasteiger partial charge is 1.00 e. The Kier molecular flexibility index (Phi) is 7.46. The Hall–Kier alpha value is -0.890. The zero-order chi connectivity index (χ0) is 14.4. The molecule has 0 radical (unpaired) electrons. The molecule has 24 heavy (non-hydrogen) atoms. The number of halogens is 2. The van der Waals surface area contributed by atoms with Crippen LogP contribution in [0.3, 0.4) is 0 Å². The minimum atomic E-state index is 0. The topological polar surface area (TPSA) is 0 Å². The third-order valence-corrected chi connectivity index (χ3v) is 4.62. The van der Waals surface area contributed by atoms with Crippen molar-refractivity contribution >= 4 is 21.5 Å². The van der Waals surface area contributed by atoms with Gasteiger partial charge in [0.15, 0.2) is 0 Å². The molecule has 0 heterocycles. The Morgan fingerprint density at radius 2 is 1.04 bits per heavy atom. The van der Waals surface area contributed by atoms with E-state index in [2.05, 4.69) is 74.5 Å². The van der Waals surface area contributed by atoms with Gasteiger partial charge in [-0.2, -0.15) is 11.1 Å². The van der Waals surface area contributed by atoms with Crippen LogP contribution in [0.15, 0.2) is 60.7 Å². The van der Waals surface area contributed by atoms with E-state index in [1.807, 2.05) is 0 Å². The van der Waals surface area contributed by atoms with Crippen LogP contribution < -0.4 is 24.8 Å². The molecule has 0 atom stereocenters. The Morgan fingerprint density at radius 1 is 0.667 bits per heavy atom. The van der Waals surface area contributed by atoms with Crippen molar-refractivity contribution in [2.24, 2.45) is 0 Å². The van der Waals surface area contributed by atoms with Gasteiger partial charge >= 0.3 is 25.8 Å². The molecule has 0 saturated carbocycles. The fraction of sp³-hybridized carbons (Fsp3) is 0.143. The van der Waals surface area contributed by atoms with Crippen LogP contribution in [0.4, 0.5) is 0 Å². The van der Waals surface area contributed by atoms with Crippen molar-refractivity contribution in [3.05, 3.63) is 82.9 Å². The molecule has 0 spiro atoms. The Morgan fingerprint density at radius 3 is 1.46 bits per heavy atom. The SMILES string of the molecule is Cc1[cH-]c2ccccc2c1Cc1c(C)[cH-]c2ccccc12.[Cl-].[Cl-].[Hf+4]. The van der Waals surface area contributed by atoms with Gasteiger partial charge in [0.1, 0.15) is 0 Å². The van der Waals surface area contributed by atoms with E-state index in [1.165, 1.54) is 43.8 Å². The average Bonchev–Trinajstić information content (AvgIpc) is 2.97. The van der Waals surface area contributed by atoms with Gasteiger partial charge in [-0.25, -0.2) is 0 Å². The monoisotopic (exact) mass is 520 g/mol. The summed E-state index contributed by atoms with van der Waals surface area (Å²) in [6.07, 6.45) is 1.03. The van der Waals surface area contributed by atoms with Gasteiger partial charge in [-0.05, 0) is 0 Å². The number of aryl methyl sites for hydroxylation is 2. The van der Waals surface area contributed by atoms with Crippen molar-refractivity contribution in [2.45, 2.75) is 20.3 Å². The predicted molar refractivity (Wildman–Crippen MR) is 91.4 cm³/mol. The van der Waals surface area contributed by atoms with E-state index >= 15 is 0 Å². The van der Waals surface area contributed by atoms with Crippen LogP contribution in [0.25, 0.3) is 21.5 Å². The summed E-state index contributed by atoms with van der Waals surface area (Å²) in [5, 5.41) is 5.52. The van der Waals surface area contributed by atoms with Gasteiger partial charge in [-0.3, -0.25) is 0 Å². The van der Waals surface area contributed by atoms with Crippen molar-refractivity contribution in [3.63, 3.8) is 0 Å². The van der Waals surface area contributed by atoms with Crippen LogP contribution >= 0.6 is 0 Å². The number of fused-ring (bicyclic) bond motifs is 2. The van der Waals surface area contributed by atoms with Crippen molar-refractivity contribution in [1.29, 1.82) is 0 Å². The quantitative estimate of drug-likeness (QED) is 0.251. The number of hydrogen-bond donors (Lipinski definition) is 0. The maximum Gasteiger partial charge on any atom is 4.00 e. The minimum absolute atomic E-state index is 0. The molecule has 0 aromatic heterocycles. The molecule has 0 nitrogen and oxygen atoms in total. The van der Waals surface area contributed by atoms with Crippen LogP contribution in [0.2, 0.25) is 0 Å². The standard InChI is InChI=1S/C21H18.2ClH.Hf/c1-14-11-16-7-3-5-9-18(16)20(14)13-21-15(2)12-17-8-4-6-10-19(17)21;;;/h3-12H,13H2,1-2H3;2*1H;/q-2;;;+4/p-2. The third kappa shape index (κ3) is 3.54. The Labute approximate surface area is 174 Å². The van der Waals surface area contributed by atoms with E-state index < -0.39 is 0 Å². The molecule has 0 aliphatic heterocycles. The summed E-state index contributed by atoms with van der Waals surface area (Å²) in [7, 11) is 0. The molecule has 3 heteroatoms. The summed E-state index contributed by atoms with van der Waals surface area (Å²) in [6, 6.07) is 22.1. The van der Waals surface area contributed by atoms with Gasteiger partial charge in [-0.1, -0.05) is 32.4 Å². The van der Waals surface area contributed by atoms with Gasteiger partial charge in [0.2, 0.25) is 0 Å². The summed E-state index contributed by atoms with van der Waals surface area (Å²) < 4.78 is 0. The zero-order valence-electron chi connectivity index (χ0n) is 13.7. The molecule has 4 rings (SSSR count). The molecule has 0 fully saturated rings. The van der Waals surface area contributed by atoms with Crippen molar-refractivity contribution in [3.8, 4) is 0 Å². The predicted octanol–water partition coefficient (Wildman–Crippen LogP) is -0.356. The van der Waals surface area contributed by atoms with Gasteiger partial charge < -0.3 is 24.8 Å². The Bertz CT molecular complexity index is 869. The van der Waals surface area contributed by atoms with Crippen molar-refractivity contribution in [2.75, 3.05) is 0 Å². The molecule has 0 aliphatic rings. The summed E-state index contributed by atoms with van der Waals surface area (Å²) in [5.41, 5.74) is 5.76. The fourth-order valence-electron chi connectivity index (χ4n) is 3.51. The molecular weight excluding hydrogens is 502 g/mol. The molecule has 0 saturated heterocycles. The second kappa shape index (κ2) is 8.47. The normalized spacial score (nSPS) is 10.1. The first-order chi connectivity index (χ1) is 10.2. The largest absolute Gasteiger partial charge is 4.00 e. The van der Waals surface area contributed by atoms with E-state index in [1.54, 1.807) is 0 Å².